The zero-order valence-corrected chi connectivity index (χ0v) is 12.8. The number of nitrogens with one attached hydrogen (secondary N) is 1. The number of carbonyl (C=O) groups excluding carboxylic acids is 1. The third-order valence-electron chi connectivity index (χ3n) is 5.11. The van der Waals surface area contributed by atoms with Crippen molar-refractivity contribution in [2.24, 2.45) is 17.0 Å². The van der Waals surface area contributed by atoms with Crippen molar-refractivity contribution >= 4 is 11.8 Å². The molecule has 1 saturated heterocycles. The van der Waals surface area contributed by atoms with Gasteiger partial charge in [0.05, 0.1) is 5.92 Å². The molecule has 2 heterocycles. The molecule has 0 amide bonds. The highest BCUT2D eigenvalue weighted by Crippen LogP contribution is 2.59. The van der Waals surface area contributed by atoms with Gasteiger partial charge in [0.2, 0.25) is 5.72 Å². The summed E-state index contributed by atoms with van der Waals surface area (Å²) in [5.74, 6) is -2.03. The van der Waals surface area contributed by atoms with Crippen molar-refractivity contribution in [2.45, 2.75) is 50.2 Å². The van der Waals surface area contributed by atoms with E-state index >= 15 is 0 Å². The second-order valence-corrected chi connectivity index (χ2v) is 7.15. The van der Waals surface area contributed by atoms with Crippen LogP contribution >= 0.6 is 0 Å². The van der Waals surface area contributed by atoms with Gasteiger partial charge in [-0.05, 0) is 26.7 Å². The van der Waals surface area contributed by atoms with Crippen LogP contribution in [0.3, 0.4) is 0 Å². The standard InChI is InChI=1S/C14H18F3N3O3/c1-12(2)20(7-3-4-7)10(19-23-12)9-8-5-18-6-13(8,9)22-11(21)14(15,16)17/h7-9,18H,3-6H2,1-2H3. The first-order chi connectivity index (χ1) is 10.7. The molecule has 9 heteroatoms. The summed E-state index contributed by atoms with van der Waals surface area (Å²) in [6, 6.07) is 0.302. The molecule has 0 radical (unpaired) electrons. The summed E-state index contributed by atoms with van der Waals surface area (Å²) in [5.41, 5.74) is -1.77. The Morgan fingerprint density at radius 3 is 2.74 bits per heavy atom. The molecule has 128 valence electrons. The van der Waals surface area contributed by atoms with Crippen molar-refractivity contribution in [3.05, 3.63) is 0 Å². The van der Waals surface area contributed by atoms with Crippen LogP contribution < -0.4 is 5.32 Å². The number of oxime groups is 1. The molecule has 23 heavy (non-hydrogen) atoms. The first kappa shape index (κ1) is 15.0. The van der Waals surface area contributed by atoms with Crippen molar-refractivity contribution in [1.29, 1.82) is 0 Å². The Bertz CT molecular complexity index is 588. The van der Waals surface area contributed by atoms with E-state index in [1.807, 2.05) is 18.7 Å². The summed E-state index contributed by atoms with van der Waals surface area (Å²) < 4.78 is 42.6. The quantitative estimate of drug-likeness (QED) is 0.787. The Kier molecular flexibility index (Phi) is 2.82. The zero-order chi connectivity index (χ0) is 16.6. The summed E-state index contributed by atoms with van der Waals surface area (Å²) in [6.45, 7) is 4.48. The van der Waals surface area contributed by atoms with Gasteiger partial charge in [0.15, 0.2) is 5.84 Å². The lowest BCUT2D eigenvalue weighted by molar-refractivity contribution is -0.207. The first-order valence-corrected chi connectivity index (χ1v) is 7.73. The molecule has 0 aromatic heterocycles. The summed E-state index contributed by atoms with van der Waals surface area (Å²) >= 11 is 0. The Morgan fingerprint density at radius 1 is 1.43 bits per heavy atom. The lowest BCUT2D eigenvalue weighted by atomic mass is 10.1. The number of esters is 1. The van der Waals surface area contributed by atoms with Gasteiger partial charge in [-0.1, -0.05) is 5.16 Å². The number of ether oxygens (including phenoxy) is 1. The zero-order valence-electron chi connectivity index (χ0n) is 12.8. The van der Waals surface area contributed by atoms with Crippen LogP contribution in [-0.2, 0) is 14.4 Å². The minimum absolute atomic E-state index is 0.189. The maximum atomic E-state index is 12.6. The summed E-state index contributed by atoms with van der Waals surface area (Å²) in [5, 5.41) is 7.13. The largest absolute Gasteiger partial charge is 0.490 e. The number of piperidine rings is 1. The van der Waals surface area contributed by atoms with E-state index in [1.54, 1.807) is 0 Å². The van der Waals surface area contributed by atoms with Crippen LogP contribution in [0.25, 0.3) is 0 Å². The Morgan fingerprint density at radius 2 is 2.13 bits per heavy atom. The molecule has 0 spiro atoms. The molecule has 0 aromatic carbocycles. The van der Waals surface area contributed by atoms with Gasteiger partial charge in [0.1, 0.15) is 5.60 Å². The third kappa shape index (κ3) is 2.12. The molecule has 1 N–H and O–H groups in total. The Labute approximate surface area is 131 Å². The molecule has 4 rings (SSSR count). The van der Waals surface area contributed by atoms with Gasteiger partial charge >= 0.3 is 12.1 Å². The van der Waals surface area contributed by atoms with Gasteiger partial charge in [0.25, 0.3) is 0 Å². The summed E-state index contributed by atoms with van der Waals surface area (Å²) in [6.07, 6.45) is -2.97. The Balaban J connectivity index is 1.57. The number of carbonyl (C=O) groups is 1. The van der Waals surface area contributed by atoms with Crippen LogP contribution in [0.2, 0.25) is 0 Å². The number of hydrogen-bond acceptors (Lipinski definition) is 6. The topological polar surface area (TPSA) is 63.2 Å². The van der Waals surface area contributed by atoms with E-state index in [9.17, 15) is 18.0 Å². The highest BCUT2D eigenvalue weighted by molar-refractivity contribution is 5.92. The molecule has 0 bridgehead atoms. The second kappa shape index (κ2) is 4.31. The fraction of sp³-hybridized carbons (Fsp3) is 0.857. The van der Waals surface area contributed by atoms with Crippen molar-refractivity contribution in [3.63, 3.8) is 0 Å². The fourth-order valence-electron chi connectivity index (χ4n) is 3.94. The normalized spacial score (nSPS) is 38.0. The molecule has 2 aliphatic heterocycles. The number of hydrogen-bond donors (Lipinski definition) is 1. The monoisotopic (exact) mass is 333 g/mol. The average molecular weight is 333 g/mol. The minimum atomic E-state index is -4.99. The van der Waals surface area contributed by atoms with Crippen molar-refractivity contribution in [3.8, 4) is 0 Å². The maximum Gasteiger partial charge on any atom is 0.490 e. The van der Waals surface area contributed by atoms with Gasteiger partial charge in [0, 0.05) is 25.0 Å². The van der Waals surface area contributed by atoms with Crippen molar-refractivity contribution < 1.29 is 27.5 Å². The number of fused-ring (bicyclic) bond motifs is 1. The molecule has 0 aromatic rings. The SMILES string of the molecule is CC1(C)ON=C(C2C3CNCC32OC(=O)C(F)(F)F)N1C1CC1. The smallest absolute Gasteiger partial charge is 0.450 e. The lowest BCUT2D eigenvalue weighted by Gasteiger charge is -2.32. The number of halogens is 3. The van der Waals surface area contributed by atoms with Crippen LogP contribution in [0.4, 0.5) is 13.2 Å². The molecule has 3 atom stereocenters. The van der Waals surface area contributed by atoms with Gasteiger partial charge in [-0.15, -0.1) is 0 Å². The molecule has 4 aliphatic rings. The van der Waals surface area contributed by atoms with Crippen LogP contribution in [0.1, 0.15) is 26.7 Å². The fourth-order valence-corrected chi connectivity index (χ4v) is 3.94. The van der Waals surface area contributed by atoms with Crippen LogP contribution in [0, 0.1) is 11.8 Å². The number of alkyl halides is 3. The van der Waals surface area contributed by atoms with Gasteiger partial charge < -0.3 is 19.8 Å². The predicted molar refractivity (Wildman–Crippen MR) is 72.2 cm³/mol. The number of amidine groups is 1. The van der Waals surface area contributed by atoms with Gasteiger partial charge in [-0.3, -0.25) is 0 Å². The van der Waals surface area contributed by atoms with Crippen molar-refractivity contribution in [2.75, 3.05) is 13.1 Å². The van der Waals surface area contributed by atoms with Crippen LogP contribution in [0.15, 0.2) is 5.16 Å². The van der Waals surface area contributed by atoms with E-state index in [-0.39, 0.29) is 18.4 Å². The average Bonchev–Trinajstić information content (AvgIpc) is 3.29. The van der Waals surface area contributed by atoms with E-state index in [0.29, 0.717) is 18.4 Å². The third-order valence-corrected chi connectivity index (χ3v) is 5.11. The second-order valence-electron chi connectivity index (χ2n) is 7.15. The molecule has 2 saturated carbocycles. The molecule has 6 nitrogen and oxygen atoms in total. The predicted octanol–water partition coefficient (Wildman–Crippen LogP) is 1.22. The highest BCUT2D eigenvalue weighted by atomic mass is 19.4. The van der Waals surface area contributed by atoms with E-state index < -0.39 is 23.5 Å². The molecule has 3 unspecified atom stereocenters. The molecule has 3 fully saturated rings. The first-order valence-electron chi connectivity index (χ1n) is 7.73. The molecular weight excluding hydrogens is 315 g/mol. The van der Waals surface area contributed by atoms with E-state index in [1.165, 1.54) is 0 Å². The molecular formula is C14H18F3N3O3. The Hall–Kier alpha value is -1.51. The summed E-state index contributed by atoms with van der Waals surface area (Å²) in [7, 11) is 0. The molecule has 2 aliphatic carbocycles. The van der Waals surface area contributed by atoms with E-state index in [4.69, 9.17) is 9.57 Å². The van der Waals surface area contributed by atoms with Gasteiger partial charge in [-0.25, -0.2) is 4.79 Å². The van der Waals surface area contributed by atoms with Crippen LogP contribution in [0.5, 0.6) is 0 Å². The maximum absolute atomic E-state index is 12.6. The highest BCUT2D eigenvalue weighted by Gasteiger charge is 2.76. The van der Waals surface area contributed by atoms with Crippen LogP contribution in [-0.4, -0.2) is 53.3 Å². The minimum Gasteiger partial charge on any atom is -0.450 e. The summed E-state index contributed by atoms with van der Waals surface area (Å²) in [4.78, 5) is 18.8. The van der Waals surface area contributed by atoms with E-state index in [0.717, 1.165) is 12.8 Å². The van der Waals surface area contributed by atoms with E-state index in [2.05, 4.69) is 10.5 Å². The van der Waals surface area contributed by atoms with Gasteiger partial charge in [-0.2, -0.15) is 13.2 Å². The number of rotatable bonds is 3. The lowest BCUT2D eigenvalue weighted by Crippen LogP contribution is -2.48. The number of nitrogens with zero attached hydrogens (tertiary/aromatic N) is 2. The van der Waals surface area contributed by atoms with Crippen molar-refractivity contribution in [1.82, 2.24) is 10.2 Å².